The lowest BCUT2D eigenvalue weighted by Gasteiger charge is -2.15. The first-order valence-electron chi connectivity index (χ1n) is 5.83. The van der Waals surface area contributed by atoms with Crippen LogP contribution in [0.2, 0.25) is 0 Å². The molecule has 0 radical (unpaired) electrons. The molecular formula is C13H15BrFNO2. The summed E-state index contributed by atoms with van der Waals surface area (Å²) in [4.78, 5) is 12.1. The number of rotatable bonds is 4. The van der Waals surface area contributed by atoms with Gasteiger partial charge in [-0.25, -0.2) is 4.39 Å². The largest absolute Gasteiger partial charge is 0.379 e. The van der Waals surface area contributed by atoms with Crippen LogP contribution >= 0.6 is 15.9 Å². The summed E-state index contributed by atoms with van der Waals surface area (Å²) in [5, 5.41) is 3.07. The van der Waals surface area contributed by atoms with Gasteiger partial charge in [0.25, 0.3) is 0 Å². The van der Waals surface area contributed by atoms with E-state index in [1.165, 1.54) is 12.1 Å². The summed E-state index contributed by atoms with van der Waals surface area (Å²) < 4.78 is 19.2. The average molecular weight is 316 g/mol. The van der Waals surface area contributed by atoms with Crippen molar-refractivity contribution < 1.29 is 13.9 Å². The highest BCUT2D eigenvalue weighted by Gasteiger charge is 2.32. The number of carbonyl (C=O) groups is 1. The molecule has 1 heterocycles. The van der Waals surface area contributed by atoms with E-state index in [1.54, 1.807) is 6.07 Å². The Morgan fingerprint density at radius 2 is 2.28 bits per heavy atom. The molecule has 2 rings (SSSR count). The fourth-order valence-corrected chi connectivity index (χ4v) is 2.71. The molecule has 0 aromatic heterocycles. The van der Waals surface area contributed by atoms with Gasteiger partial charge in [0.2, 0.25) is 0 Å². The van der Waals surface area contributed by atoms with Gasteiger partial charge in [-0.3, -0.25) is 4.79 Å². The van der Waals surface area contributed by atoms with Crippen LogP contribution < -0.4 is 5.32 Å². The third-order valence-corrected chi connectivity index (χ3v) is 3.62. The van der Waals surface area contributed by atoms with Crippen LogP contribution in [0.3, 0.4) is 0 Å². The van der Waals surface area contributed by atoms with Crippen LogP contribution in [0.1, 0.15) is 5.56 Å². The van der Waals surface area contributed by atoms with Crippen molar-refractivity contribution in [1.82, 2.24) is 5.32 Å². The number of hydrogen-bond donors (Lipinski definition) is 1. The lowest BCUT2D eigenvalue weighted by atomic mass is 9.94. The lowest BCUT2D eigenvalue weighted by Crippen LogP contribution is -2.37. The molecule has 2 unspecified atom stereocenters. The van der Waals surface area contributed by atoms with Gasteiger partial charge in [0.15, 0.2) is 0 Å². The van der Waals surface area contributed by atoms with E-state index in [0.29, 0.717) is 23.2 Å². The Kier molecular flexibility index (Phi) is 4.48. The fraction of sp³-hybridized carbons (Fsp3) is 0.462. The summed E-state index contributed by atoms with van der Waals surface area (Å²) in [7, 11) is 1.82. The highest BCUT2D eigenvalue weighted by atomic mass is 79.9. The molecule has 18 heavy (non-hydrogen) atoms. The zero-order chi connectivity index (χ0) is 13.1. The van der Waals surface area contributed by atoms with Crippen molar-refractivity contribution in [1.29, 1.82) is 0 Å². The molecule has 0 amide bonds. The molecule has 0 bridgehead atoms. The van der Waals surface area contributed by atoms with Crippen molar-refractivity contribution >= 4 is 21.7 Å². The number of halogens is 2. The zero-order valence-corrected chi connectivity index (χ0v) is 11.7. The van der Waals surface area contributed by atoms with Crippen molar-refractivity contribution in [3.8, 4) is 0 Å². The van der Waals surface area contributed by atoms with Crippen LogP contribution in [-0.2, 0) is 16.0 Å². The van der Waals surface area contributed by atoms with Crippen LogP contribution in [0.25, 0.3) is 0 Å². The standard InChI is InChI=1S/C13H15BrFNO2/c1-16-12-7-18-6-11(12)13(17)4-8-2-9(14)5-10(15)3-8/h2-3,5,11-12,16H,4,6-7H2,1H3. The van der Waals surface area contributed by atoms with Crippen LogP contribution in [0.4, 0.5) is 4.39 Å². The summed E-state index contributed by atoms with van der Waals surface area (Å²) in [5.74, 6) is -0.388. The first-order chi connectivity index (χ1) is 8.60. The van der Waals surface area contributed by atoms with Gasteiger partial charge in [-0.2, -0.15) is 0 Å². The molecule has 3 nitrogen and oxygen atoms in total. The Morgan fingerprint density at radius 1 is 1.50 bits per heavy atom. The smallest absolute Gasteiger partial charge is 0.144 e. The third-order valence-electron chi connectivity index (χ3n) is 3.17. The third kappa shape index (κ3) is 3.16. The first kappa shape index (κ1) is 13.6. The van der Waals surface area contributed by atoms with E-state index in [0.717, 1.165) is 0 Å². The van der Waals surface area contributed by atoms with Gasteiger partial charge >= 0.3 is 0 Å². The molecule has 5 heteroatoms. The Morgan fingerprint density at radius 3 is 2.94 bits per heavy atom. The summed E-state index contributed by atoms with van der Waals surface area (Å²) >= 11 is 3.22. The van der Waals surface area contributed by atoms with Gasteiger partial charge in [0, 0.05) is 16.9 Å². The second-order valence-electron chi connectivity index (χ2n) is 4.46. The van der Waals surface area contributed by atoms with Crippen LogP contribution in [0.5, 0.6) is 0 Å². The summed E-state index contributed by atoms with van der Waals surface area (Å²) in [5.41, 5.74) is 0.689. The van der Waals surface area contributed by atoms with E-state index in [1.807, 2.05) is 7.05 Å². The summed E-state index contributed by atoms with van der Waals surface area (Å²) in [6.07, 6.45) is 0.239. The van der Waals surface area contributed by atoms with E-state index in [9.17, 15) is 9.18 Å². The Bertz CT molecular complexity index is 432. The Hall–Kier alpha value is -0.780. The topological polar surface area (TPSA) is 38.3 Å². The second-order valence-corrected chi connectivity index (χ2v) is 5.38. The molecule has 0 saturated carbocycles. The minimum Gasteiger partial charge on any atom is -0.379 e. The second kappa shape index (κ2) is 5.91. The van der Waals surface area contributed by atoms with Crippen molar-refractivity contribution in [2.75, 3.05) is 20.3 Å². The summed E-state index contributed by atoms with van der Waals surface area (Å²) in [6, 6.07) is 4.61. The number of ketones is 1. The van der Waals surface area contributed by atoms with Gasteiger partial charge in [-0.15, -0.1) is 0 Å². The number of ether oxygens (including phenoxy) is 1. The molecule has 1 aliphatic rings. The molecule has 1 N–H and O–H groups in total. The fourth-order valence-electron chi connectivity index (χ4n) is 2.20. The van der Waals surface area contributed by atoms with Crippen LogP contribution in [0, 0.1) is 11.7 Å². The molecule has 2 atom stereocenters. The maximum atomic E-state index is 13.2. The first-order valence-corrected chi connectivity index (χ1v) is 6.62. The number of likely N-dealkylation sites (N-methyl/N-ethyl adjacent to an activating group) is 1. The van der Waals surface area contributed by atoms with Crippen molar-refractivity contribution in [2.45, 2.75) is 12.5 Å². The number of Topliss-reactive ketones (excluding diaryl/α,β-unsaturated/α-hetero) is 1. The molecule has 1 aromatic rings. The SMILES string of the molecule is CNC1COCC1C(=O)Cc1cc(F)cc(Br)c1. The van der Waals surface area contributed by atoms with Gasteiger partial charge in [-0.05, 0) is 30.8 Å². The van der Waals surface area contributed by atoms with Gasteiger partial charge in [0.05, 0.1) is 19.1 Å². The monoisotopic (exact) mass is 315 g/mol. The average Bonchev–Trinajstić information content (AvgIpc) is 2.75. The van der Waals surface area contributed by atoms with E-state index in [4.69, 9.17) is 4.74 Å². The molecule has 0 spiro atoms. The maximum Gasteiger partial charge on any atom is 0.144 e. The quantitative estimate of drug-likeness (QED) is 0.922. The van der Waals surface area contributed by atoms with Crippen LogP contribution in [0.15, 0.2) is 22.7 Å². The number of hydrogen-bond acceptors (Lipinski definition) is 3. The molecule has 1 aromatic carbocycles. The lowest BCUT2D eigenvalue weighted by molar-refractivity contribution is -0.122. The van der Waals surface area contributed by atoms with Crippen molar-refractivity contribution in [2.24, 2.45) is 5.92 Å². The Balaban J connectivity index is 2.06. The minimum atomic E-state index is -0.333. The number of nitrogens with one attached hydrogen (secondary N) is 1. The van der Waals surface area contributed by atoms with Crippen molar-refractivity contribution in [3.63, 3.8) is 0 Å². The molecular weight excluding hydrogens is 301 g/mol. The molecule has 0 aliphatic carbocycles. The number of carbonyl (C=O) groups excluding carboxylic acids is 1. The van der Waals surface area contributed by atoms with Crippen molar-refractivity contribution in [3.05, 3.63) is 34.1 Å². The molecule has 1 fully saturated rings. The normalized spacial score (nSPS) is 23.3. The molecule has 1 saturated heterocycles. The molecule has 98 valence electrons. The molecule has 1 aliphatic heterocycles. The predicted octanol–water partition coefficient (Wildman–Crippen LogP) is 1.93. The maximum absolute atomic E-state index is 13.2. The predicted molar refractivity (Wildman–Crippen MR) is 70.0 cm³/mol. The Labute approximate surface area is 114 Å². The number of benzene rings is 1. The summed E-state index contributed by atoms with van der Waals surface area (Å²) in [6.45, 7) is 1.00. The highest BCUT2D eigenvalue weighted by Crippen LogP contribution is 2.20. The van der Waals surface area contributed by atoms with Gasteiger partial charge in [0.1, 0.15) is 11.6 Å². The van der Waals surface area contributed by atoms with Gasteiger partial charge < -0.3 is 10.1 Å². The minimum absolute atomic E-state index is 0.0644. The zero-order valence-electron chi connectivity index (χ0n) is 10.1. The van der Waals surface area contributed by atoms with E-state index < -0.39 is 0 Å². The van der Waals surface area contributed by atoms with E-state index >= 15 is 0 Å². The van der Waals surface area contributed by atoms with E-state index in [2.05, 4.69) is 21.2 Å². The van der Waals surface area contributed by atoms with Crippen LogP contribution in [-0.4, -0.2) is 32.1 Å². The highest BCUT2D eigenvalue weighted by molar-refractivity contribution is 9.10. The van der Waals surface area contributed by atoms with E-state index in [-0.39, 0.29) is 30.0 Å². The van der Waals surface area contributed by atoms with Gasteiger partial charge in [-0.1, -0.05) is 15.9 Å².